The van der Waals surface area contributed by atoms with Crippen molar-refractivity contribution in [2.45, 2.75) is 6.42 Å². The summed E-state index contributed by atoms with van der Waals surface area (Å²) in [4.78, 5) is 24.9. The van der Waals surface area contributed by atoms with E-state index < -0.39 is 11.8 Å². The fourth-order valence-corrected chi connectivity index (χ4v) is 3.10. The lowest BCUT2D eigenvalue weighted by molar-refractivity contribution is 0.0846. The predicted molar refractivity (Wildman–Crippen MR) is 123 cm³/mol. The molecular weight excluding hydrogens is 424 g/mol. The third-order valence-corrected chi connectivity index (χ3v) is 4.84. The van der Waals surface area contributed by atoms with Gasteiger partial charge in [-0.15, -0.1) is 0 Å². The number of carbonyl (C=O) groups excluding carboxylic acids is 2. The Morgan fingerprint density at radius 3 is 1.85 bits per heavy atom. The normalized spacial score (nSPS) is 10.2. The summed E-state index contributed by atoms with van der Waals surface area (Å²) in [6.07, 6.45) is 0.788. The highest BCUT2D eigenvalue weighted by Gasteiger charge is 2.17. The number of carbonyl (C=O) groups is 2. The van der Waals surface area contributed by atoms with Crippen molar-refractivity contribution in [2.75, 3.05) is 27.9 Å². The number of rotatable bonds is 9. The molecule has 172 valence electrons. The van der Waals surface area contributed by atoms with Crippen LogP contribution in [-0.2, 0) is 6.42 Å². The van der Waals surface area contributed by atoms with Crippen molar-refractivity contribution in [3.05, 3.63) is 83.4 Å². The average Bonchev–Trinajstić information content (AvgIpc) is 2.87. The van der Waals surface area contributed by atoms with Crippen molar-refractivity contribution in [3.63, 3.8) is 0 Å². The van der Waals surface area contributed by atoms with Crippen LogP contribution >= 0.6 is 0 Å². The third kappa shape index (κ3) is 6.16. The van der Waals surface area contributed by atoms with E-state index in [0.29, 0.717) is 35.2 Å². The molecule has 0 aliphatic rings. The summed E-state index contributed by atoms with van der Waals surface area (Å²) < 4.78 is 21.5. The maximum absolute atomic E-state index is 12.5. The van der Waals surface area contributed by atoms with Crippen LogP contribution in [0.25, 0.3) is 0 Å². The zero-order valence-corrected chi connectivity index (χ0v) is 18.7. The fourth-order valence-electron chi connectivity index (χ4n) is 3.10. The minimum absolute atomic E-state index is 0.229. The molecule has 8 nitrogen and oxygen atoms in total. The first-order valence-corrected chi connectivity index (χ1v) is 10.2. The lowest BCUT2D eigenvalue weighted by atomic mass is 10.1. The molecule has 0 unspecified atom stereocenters. The first-order valence-electron chi connectivity index (χ1n) is 10.2. The number of hydrazine groups is 1. The highest BCUT2D eigenvalue weighted by molar-refractivity contribution is 5.99. The van der Waals surface area contributed by atoms with Crippen molar-refractivity contribution in [1.29, 1.82) is 0 Å². The van der Waals surface area contributed by atoms with E-state index in [9.17, 15) is 9.59 Å². The second kappa shape index (κ2) is 11.4. The van der Waals surface area contributed by atoms with Crippen LogP contribution in [-0.4, -0.2) is 39.8 Å². The molecule has 0 heterocycles. The van der Waals surface area contributed by atoms with E-state index in [2.05, 4.69) is 10.9 Å². The van der Waals surface area contributed by atoms with Gasteiger partial charge in [-0.25, -0.2) is 0 Å². The molecule has 3 aromatic carbocycles. The SMILES string of the molecule is COc1cc(C(=O)NNC(=O)c2ccc(OCCc3ccccc3)cc2)cc(OC)c1OC. The van der Waals surface area contributed by atoms with Crippen LogP contribution < -0.4 is 29.8 Å². The summed E-state index contributed by atoms with van der Waals surface area (Å²) in [7, 11) is 4.38. The van der Waals surface area contributed by atoms with Gasteiger partial charge in [-0.3, -0.25) is 20.4 Å². The fraction of sp³-hybridized carbons (Fsp3) is 0.200. The van der Waals surface area contributed by atoms with Gasteiger partial charge in [0.05, 0.1) is 27.9 Å². The number of nitrogens with one attached hydrogen (secondary N) is 2. The largest absolute Gasteiger partial charge is 0.493 e. The third-order valence-electron chi connectivity index (χ3n) is 4.84. The Hall–Kier alpha value is -4.20. The zero-order chi connectivity index (χ0) is 23.6. The molecule has 0 saturated heterocycles. The van der Waals surface area contributed by atoms with Crippen molar-refractivity contribution < 1.29 is 28.5 Å². The molecule has 0 aliphatic carbocycles. The number of amides is 2. The Bertz CT molecular complexity index is 1060. The molecule has 0 atom stereocenters. The molecule has 0 fully saturated rings. The molecule has 3 aromatic rings. The summed E-state index contributed by atoms with van der Waals surface area (Å²) in [5.74, 6) is 0.679. The number of methoxy groups -OCH3 is 3. The number of ether oxygens (including phenoxy) is 4. The molecule has 3 rings (SSSR count). The highest BCUT2D eigenvalue weighted by Crippen LogP contribution is 2.38. The van der Waals surface area contributed by atoms with Crippen molar-refractivity contribution >= 4 is 11.8 Å². The first-order chi connectivity index (χ1) is 16.0. The molecular formula is C25H26N2O6. The highest BCUT2D eigenvalue weighted by atomic mass is 16.5. The summed E-state index contributed by atoms with van der Waals surface area (Å²) in [5, 5.41) is 0. The van der Waals surface area contributed by atoms with Gasteiger partial charge in [-0.2, -0.15) is 0 Å². The molecule has 0 aliphatic heterocycles. The Morgan fingerprint density at radius 2 is 1.30 bits per heavy atom. The number of hydrogen-bond donors (Lipinski definition) is 2. The molecule has 8 heteroatoms. The molecule has 0 spiro atoms. The second-order valence-corrected chi connectivity index (χ2v) is 6.93. The minimum Gasteiger partial charge on any atom is -0.493 e. The van der Waals surface area contributed by atoms with E-state index in [4.69, 9.17) is 18.9 Å². The first kappa shape index (κ1) is 23.5. The van der Waals surface area contributed by atoms with Gasteiger partial charge >= 0.3 is 0 Å². The lowest BCUT2D eigenvalue weighted by Crippen LogP contribution is -2.41. The van der Waals surface area contributed by atoms with Gasteiger partial charge in [-0.1, -0.05) is 30.3 Å². The van der Waals surface area contributed by atoms with Crippen LogP contribution in [0.15, 0.2) is 66.7 Å². The van der Waals surface area contributed by atoms with Crippen molar-refractivity contribution in [3.8, 4) is 23.0 Å². The van der Waals surface area contributed by atoms with Gasteiger partial charge in [-0.05, 0) is 42.0 Å². The zero-order valence-electron chi connectivity index (χ0n) is 18.7. The van der Waals surface area contributed by atoms with E-state index in [1.807, 2.05) is 30.3 Å². The Labute approximate surface area is 192 Å². The van der Waals surface area contributed by atoms with Gasteiger partial charge in [0.15, 0.2) is 11.5 Å². The van der Waals surface area contributed by atoms with E-state index in [0.717, 1.165) is 6.42 Å². The van der Waals surface area contributed by atoms with Crippen LogP contribution in [0.4, 0.5) is 0 Å². The topological polar surface area (TPSA) is 95.1 Å². The van der Waals surface area contributed by atoms with Gasteiger partial charge < -0.3 is 18.9 Å². The standard InChI is InChI=1S/C25H26N2O6/c1-30-21-15-19(16-22(31-2)23(21)32-3)25(29)27-26-24(28)18-9-11-20(12-10-18)33-14-13-17-7-5-4-6-8-17/h4-12,15-16H,13-14H2,1-3H3,(H,26,28)(H,27,29). The summed E-state index contributed by atoms with van der Waals surface area (Å²) in [6.45, 7) is 0.528. The molecule has 33 heavy (non-hydrogen) atoms. The number of hydrogen-bond acceptors (Lipinski definition) is 6. The van der Waals surface area contributed by atoms with Crippen LogP contribution in [0.5, 0.6) is 23.0 Å². The summed E-state index contributed by atoms with van der Waals surface area (Å²) >= 11 is 0. The Morgan fingerprint density at radius 1 is 0.727 bits per heavy atom. The molecule has 2 amide bonds. The van der Waals surface area contributed by atoms with Gasteiger partial charge in [0.2, 0.25) is 5.75 Å². The van der Waals surface area contributed by atoms with E-state index in [1.54, 1.807) is 24.3 Å². The van der Waals surface area contributed by atoms with Crippen LogP contribution in [0.1, 0.15) is 26.3 Å². The quantitative estimate of drug-likeness (QED) is 0.485. The molecule has 0 saturated carbocycles. The smallest absolute Gasteiger partial charge is 0.269 e. The average molecular weight is 450 g/mol. The number of benzene rings is 3. The molecule has 2 N–H and O–H groups in total. The van der Waals surface area contributed by atoms with E-state index in [-0.39, 0.29) is 5.56 Å². The Kier molecular flexibility index (Phi) is 8.13. The van der Waals surface area contributed by atoms with Crippen LogP contribution in [0.3, 0.4) is 0 Å². The van der Waals surface area contributed by atoms with Crippen molar-refractivity contribution in [2.24, 2.45) is 0 Å². The summed E-state index contributed by atoms with van der Waals surface area (Å²) in [5.41, 5.74) is 6.57. The Balaban J connectivity index is 1.54. The maximum Gasteiger partial charge on any atom is 0.269 e. The van der Waals surface area contributed by atoms with Crippen LogP contribution in [0, 0.1) is 0 Å². The van der Waals surface area contributed by atoms with E-state index in [1.165, 1.54) is 39.0 Å². The predicted octanol–water partition coefficient (Wildman–Crippen LogP) is 3.41. The molecule has 0 bridgehead atoms. The van der Waals surface area contributed by atoms with Gasteiger partial charge in [0.25, 0.3) is 11.8 Å². The minimum atomic E-state index is -0.538. The second-order valence-electron chi connectivity index (χ2n) is 6.93. The van der Waals surface area contributed by atoms with Crippen LogP contribution in [0.2, 0.25) is 0 Å². The lowest BCUT2D eigenvalue weighted by Gasteiger charge is -2.14. The monoisotopic (exact) mass is 450 g/mol. The van der Waals surface area contributed by atoms with Gasteiger partial charge in [0, 0.05) is 17.5 Å². The van der Waals surface area contributed by atoms with Gasteiger partial charge in [0.1, 0.15) is 5.75 Å². The van der Waals surface area contributed by atoms with E-state index >= 15 is 0 Å². The summed E-state index contributed by atoms with van der Waals surface area (Å²) in [6, 6.07) is 19.7. The molecule has 0 radical (unpaired) electrons. The van der Waals surface area contributed by atoms with Crippen molar-refractivity contribution in [1.82, 2.24) is 10.9 Å². The maximum atomic E-state index is 12.5. The molecule has 0 aromatic heterocycles.